The lowest BCUT2D eigenvalue weighted by Gasteiger charge is -2.18. The first kappa shape index (κ1) is 26.9. The highest BCUT2D eigenvalue weighted by Crippen LogP contribution is 2.15. The van der Waals surface area contributed by atoms with Gasteiger partial charge in [0, 0.05) is 19.8 Å². The normalized spacial score (nSPS) is 12.6. The van der Waals surface area contributed by atoms with E-state index in [1.807, 2.05) is 0 Å². The Kier molecular flexibility index (Phi) is 23.9. The Balaban J connectivity index is 3.50. The van der Waals surface area contributed by atoms with Gasteiger partial charge in [-0.2, -0.15) is 0 Å². The van der Waals surface area contributed by atoms with Gasteiger partial charge in [0.1, 0.15) is 0 Å². The lowest BCUT2D eigenvalue weighted by atomic mass is 10.0. The molecule has 0 aromatic heterocycles. The lowest BCUT2D eigenvalue weighted by Crippen LogP contribution is -2.14. The number of unbranched alkanes of at least 4 members (excludes halogenated alkanes) is 12. The van der Waals surface area contributed by atoms with Crippen LogP contribution in [0.1, 0.15) is 129 Å². The molecule has 163 valence electrons. The zero-order valence-electron chi connectivity index (χ0n) is 19.0. The van der Waals surface area contributed by atoms with E-state index in [-0.39, 0.29) is 0 Å². The standard InChI is InChI=1S/C25H51O2/c1-4-7-10-12-14-19-24-27-25(20-9-6-3)21-16-15-18-23-26-22-17-13-11-8-5-2/h25H,3-24H2,1-2H3. The maximum atomic E-state index is 6.18. The van der Waals surface area contributed by atoms with Gasteiger partial charge in [0.2, 0.25) is 0 Å². The summed E-state index contributed by atoms with van der Waals surface area (Å²) in [6.45, 7) is 11.4. The fourth-order valence-electron chi connectivity index (χ4n) is 3.48. The number of rotatable bonds is 23. The molecule has 27 heavy (non-hydrogen) atoms. The minimum absolute atomic E-state index is 0.460. The van der Waals surface area contributed by atoms with E-state index < -0.39 is 0 Å². The van der Waals surface area contributed by atoms with Crippen LogP contribution in [0.25, 0.3) is 0 Å². The second-order valence-corrected chi connectivity index (χ2v) is 8.13. The van der Waals surface area contributed by atoms with Crippen molar-refractivity contribution in [1.29, 1.82) is 0 Å². The van der Waals surface area contributed by atoms with Gasteiger partial charge in [0.05, 0.1) is 6.10 Å². The van der Waals surface area contributed by atoms with Crippen LogP contribution in [0.4, 0.5) is 0 Å². The van der Waals surface area contributed by atoms with E-state index in [4.69, 9.17) is 9.47 Å². The molecule has 0 N–H and O–H groups in total. The molecular formula is C25H51O2. The van der Waals surface area contributed by atoms with Gasteiger partial charge in [-0.05, 0) is 32.1 Å². The van der Waals surface area contributed by atoms with Gasteiger partial charge in [-0.3, -0.25) is 0 Å². The number of hydrogen-bond donors (Lipinski definition) is 0. The monoisotopic (exact) mass is 383 g/mol. The van der Waals surface area contributed by atoms with Gasteiger partial charge in [0.25, 0.3) is 0 Å². The van der Waals surface area contributed by atoms with Crippen molar-refractivity contribution in [2.45, 2.75) is 136 Å². The predicted octanol–water partition coefficient (Wildman–Crippen LogP) is 8.28. The first-order valence-electron chi connectivity index (χ1n) is 12.3. The number of ether oxygens (including phenoxy) is 2. The van der Waals surface area contributed by atoms with Crippen LogP contribution in [0.15, 0.2) is 0 Å². The topological polar surface area (TPSA) is 18.5 Å². The first-order valence-corrected chi connectivity index (χ1v) is 12.3. The second kappa shape index (κ2) is 24.0. The minimum Gasteiger partial charge on any atom is -0.381 e. The Labute approximate surface area is 172 Å². The summed E-state index contributed by atoms with van der Waals surface area (Å²) in [5.74, 6) is 0. The molecule has 0 saturated heterocycles. The summed E-state index contributed by atoms with van der Waals surface area (Å²) in [7, 11) is 0. The predicted molar refractivity (Wildman–Crippen MR) is 120 cm³/mol. The zero-order chi connectivity index (χ0) is 19.8. The lowest BCUT2D eigenvalue weighted by molar-refractivity contribution is 0.0357. The molecule has 0 spiro atoms. The van der Waals surface area contributed by atoms with Crippen molar-refractivity contribution in [2.75, 3.05) is 19.8 Å². The smallest absolute Gasteiger partial charge is 0.0575 e. The van der Waals surface area contributed by atoms with Gasteiger partial charge in [0.15, 0.2) is 0 Å². The van der Waals surface area contributed by atoms with Crippen molar-refractivity contribution in [3.63, 3.8) is 0 Å². The third kappa shape index (κ3) is 22.1. The van der Waals surface area contributed by atoms with Crippen molar-refractivity contribution in [1.82, 2.24) is 0 Å². The number of hydrogen-bond acceptors (Lipinski definition) is 2. The van der Waals surface area contributed by atoms with E-state index in [2.05, 4.69) is 20.8 Å². The van der Waals surface area contributed by atoms with Gasteiger partial charge < -0.3 is 9.47 Å². The molecule has 0 bridgehead atoms. The van der Waals surface area contributed by atoms with Crippen molar-refractivity contribution < 1.29 is 9.47 Å². The molecule has 0 amide bonds. The fourth-order valence-corrected chi connectivity index (χ4v) is 3.48. The van der Waals surface area contributed by atoms with E-state index in [1.165, 1.54) is 109 Å². The summed E-state index contributed by atoms with van der Waals surface area (Å²) in [4.78, 5) is 0. The van der Waals surface area contributed by atoms with Crippen molar-refractivity contribution in [3.8, 4) is 0 Å². The quantitative estimate of drug-likeness (QED) is 0.165. The maximum absolute atomic E-state index is 6.18. The van der Waals surface area contributed by atoms with Crippen LogP contribution < -0.4 is 0 Å². The second-order valence-electron chi connectivity index (χ2n) is 8.13. The van der Waals surface area contributed by atoms with Crippen molar-refractivity contribution in [2.24, 2.45) is 0 Å². The molecule has 0 aliphatic rings. The Hall–Kier alpha value is -0.0800. The van der Waals surface area contributed by atoms with Gasteiger partial charge in [-0.1, -0.05) is 104 Å². The largest absolute Gasteiger partial charge is 0.381 e. The average Bonchev–Trinajstić information content (AvgIpc) is 2.68. The van der Waals surface area contributed by atoms with Crippen LogP contribution in [0.5, 0.6) is 0 Å². The summed E-state index contributed by atoms with van der Waals surface area (Å²) >= 11 is 0. The summed E-state index contributed by atoms with van der Waals surface area (Å²) in [6.07, 6.45) is 23.5. The minimum atomic E-state index is 0.460. The summed E-state index contributed by atoms with van der Waals surface area (Å²) in [5.41, 5.74) is 0. The van der Waals surface area contributed by atoms with Crippen LogP contribution in [0, 0.1) is 6.92 Å². The van der Waals surface area contributed by atoms with E-state index in [0.717, 1.165) is 26.2 Å². The highest BCUT2D eigenvalue weighted by Gasteiger charge is 2.08. The first-order chi connectivity index (χ1) is 13.3. The van der Waals surface area contributed by atoms with E-state index in [0.29, 0.717) is 6.10 Å². The fraction of sp³-hybridized carbons (Fsp3) is 0.960. The van der Waals surface area contributed by atoms with E-state index in [9.17, 15) is 0 Å². The molecular weight excluding hydrogens is 332 g/mol. The SMILES string of the molecule is [CH2]CCCC(CCCCCOCCCCCCC)OCCCCCCCC. The molecule has 0 aliphatic heterocycles. The summed E-state index contributed by atoms with van der Waals surface area (Å²) in [5, 5.41) is 0. The van der Waals surface area contributed by atoms with Gasteiger partial charge >= 0.3 is 0 Å². The molecule has 0 aromatic rings. The average molecular weight is 384 g/mol. The van der Waals surface area contributed by atoms with Crippen LogP contribution in [0.3, 0.4) is 0 Å². The Morgan fingerprint density at radius 1 is 0.556 bits per heavy atom. The maximum Gasteiger partial charge on any atom is 0.0575 e. The molecule has 0 heterocycles. The molecule has 1 radical (unpaired) electrons. The molecule has 0 aromatic carbocycles. The Morgan fingerprint density at radius 2 is 1.04 bits per heavy atom. The molecule has 0 saturated carbocycles. The molecule has 0 fully saturated rings. The molecule has 1 atom stereocenters. The molecule has 1 unspecified atom stereocenters. The van der Waals surface area contributed by atoms with Gasteiger partial charge in [-0.15, -0.1) is 0 Å². The third-order valence-electron chi connectivity index (χ3n) is 5.33. The van der Waals surface area contributed by atoms with Crippen LogP contribution in [-0.4, -0.2) is 25.9 Å². The summed E-state index contributed by atoms with van der Waals surface area (Å²) < 4.78 is 11.9. The Morgan fingerprint density at radius 3 is 1.63 bits per heavy atom. The van der Waals surface area contributed by atoms with Gasteiger partial charge in [-0.25, -0.2) is 0 Å². The summed E-state index contributed by atoms with van der Waals surface area (Å²) in [6, 6.07) is 0. The van der Waals surface area contributed by atoms with Crippen LogP contribution in [-0.2, 0) is 9.47 Å². The molecule has 2 heteroatoms. The Bertz CT molecular complexity index is 255. The zero-order valence-corrected chi connectivity index (χ0v) is 19.0. The van der Waals surface area contributed by atoms with Crippen molar-refractivity contribution in [3.05, 3.63) is 6.92 Å². The highest BCUT2D eigenvalue weighted by atomic mass is 16.5. The highest BCUT2D eigenvalue weighted by molar-refractivity contribution is 4.60. The van der Waals surface area contributed by atoms with Crippen LogP contribution in [0.2, 0.25) is 0 Å². The molecule has 2 nitrogen and oxygen atoms in total. The van der Waals surface area contributed by atoms with E-state index >= 15 is 0 Å². The van der Waals surface area contributed by atoms with Crippen molar-refractivity contribution >= 4 is 0 Å². The van der Waals surface area contributed by atoms with E-state index in [1.54, 1.807) is 0 Å². The van der Waals surface area contributed by atoms with Crippen LogP contribution >= 0.6 is 0 Å². The third-order valence-corrected chi connectivity index (χ3v) is 5.33. The molecule has 0 rings (SSSR count). The molecule has 0 aliphatic carbocycles.